The van der Waals surface area contributed by atoms with Crippen molar-refractivity contribution in [1.82, 2.24) is 4.98 Å². The van der Waals surface area contributed by atoms with Gasteiger partial charge in [-0.2, -0.15) is 0 Å². The van der Waals surface area contributed by atoms with E-state index in [2.05, 4.69) is 4.98 Å². The molecule has 0 saturated heterocycles. The van der Waals surface area contributed by atoms with E-state index in [9.17, 15) is 9.18 Å². The van der Waals surface area contributed by atoms with E-state index in [1.165, 1.54) is 19.3 Å². The van der Waals surface area contributed by atoms with Crippen molar-refractivity contribution in [2.75, 3.05) is 0 Å². The van der Waals surface area contributed by atoms with Gasteiger partial charge in [-0.3, -0.25) is 9.78 Å². The summed E-state index contributed by atoms with van der Waals surface area (Å²) in [5, 5.41) is 0.102. The number of carbonyl (C=O) groups excluding carboxylic acids is 1. The lowest BCUT2D eigenvalue weighted by Gasteiger charge is -2.10. The Morgan fingerprint density at radius 2 is 1.83 bits per heavy atom. The van der Waals surface area contributed by atoms with Gasteiger partial charge in [0.15, 0.2) is 5.78 Å². The molecule has 92 valence electrons. The van der Waals surface area contributed by atoms with Crippen LogP contribution in [0.25, 0.3) is 11.1 Å². The van der Waals surface area contributed by atoms with Gasteiger partial charge in [-0.15, -0.1) is 0 Å². The molecule has 0 saturated carbocycles. The van der Waals surface area contributed by atoms with Gasteiger partial charge in [0.25, 0.3) is 0 Å². The summed E-state index contributed by atoms with van der Waals surface area (Å²) in [5.41, 5.74) is 0.815. The minimum atomic E-state index is -0.583. The molecular formula is C13H8Cl2FNO. The Labute approximate surface area is 113 Å². The van der Waals surface area contributed by atoms with Gasteiger partial charge in [-0.25, -0.2) is 4.39 Å². The van der Waals surface area contributed by atoms with Gasteiger partial charge in [0.2, 0.25) is 0 Å². The SMILES string of the molecule is CC(=O)c1cc(F)c(-c2ccncc2)c(Cl)c1Cl. The fourth-order valence-corrected chi connectivity index (χ4v) is 2.22. The van der Waals surface area contributed by atoms with Gasteiger partial charge in [0.1, 0.15) is 5.82 Å². The van der Waals surface area contributed by atoms with E-state index in [-0.39, 0.29) is 27.0 Å². The van der Waals surface area contributed by atoms with Crippen molar-refractivity contribution in [3.05, 3.63) is 52.0 Å². The Bertz CT molecular complexity index is 614. The highest BCUT2D eigenvalue weighted by Gasteiger charge is 2.19. The highest BCUT2D eigenvalue weighted by atomic mass is 35.5. The molecule has 0 bridgehead atoms. The number of pyridine rings is 1. The quantitative estimate of drug-likeness (QED) is 0.604. The lowest BCUT2D eigenvalue weighted by molar-refractivity contribution is 0.101. The number of hydrogen-bond donors (Lipinski definition) is 0. The van der Waals surface area contributed by atoms with E-state index in [4.69, 9.17) is 23.2 Å². The topological polar surface area (TPSA) is 30.0 Å². The van der Waals surface area contributed by atoms with Crippen LogP contribution in [0.4, 0.5) is 4.39 Å². The summed E-state index contributed by atoms with van der Waals surface area (Å²) in [7, 11) is 0. The second-order valence-electron chi connectivity index (χ2n) is 3.70. The van der Waals surface area contributed by atoms with Crippen LogP contribution < -0.4 is 0 Å². The molecule has 0 aliphatic heterocycles. The molecule has 2 rings (SSSR count). The molecule has 1 aromatic heterocycles. The second-order valence-corrected chi connectivity index (χ2v) is 4.46. The predicted octanol–water partition coefficient (Wildman–Crippen LogP) is 4.40. The van der Waals surface area contributed by atoms with Crippen LogP contribution in [0.15, 0.2) is 30.6 Å². The van der Waals surface area contributed by atoms with Crippen LogP contribution in [0.1, 0.15) is 17.3 Å². The summed E-state index contributed by atoms with van der Waals surface area (Å²) < 4.78 is 14.0. The van der Waals surface area contributed by atoms with Crippen molar-refractivity contribution in [2.24, 2.45) is 0 Å². The van der Waals surface area contributed by atoms with Crippen LogP contribution in [0, 0.1) is 5.82 Å². The second kappa shape index (κ2) is 5.04. The minimum absolute atomic E-state index is 0.0352. The lowest BCUT2D eigenvalue weighted by Crippen LogP contribution is -1.98. The van der Waals surface area contributed by atoms with E-state index in [1.54, 1.807) is 12.1 Å². The van der Waals surface area contributed by atoms with Crippen LogP contribution in [-0.4, -0.2) is 10.8 Å². The van der Waals surface area contributed by atoms with Crippen molar-refractivity contribution in [2.45, 2.75) is 6.92 Å². The van der Waals surface area contributed by atoms with E-state index in [1.807, 2.05) is 0 Å². The van der Waals surface area contributed by atoms with E-state index < -0.39 is 5.82 Å². The average molecular weight is 284 g/mol. The number of rotatable bonds is 2. The number of benzene rings is 1. The lowest BCUT2D eigenvalue weighted by atomic mass is 10.0. The molecule has 0 unspecified atom stereocenters. The molecule has 0 aliphatic rings. The van der Waals surface area contributed by atoms with Crippen molar-refractivity contribution in [3.63, 3.8) is 0 Å². The van der Waals surface area contributed by atoms with Crippen LogP contribution in [-0.2, 0) is 0 Å². The first-order valence-corrected chi connectivity index (χ1v) is 5.86. The number of hydrogen-bond acceptors (Lipinski definition) is 2. The average Bonchev–Trinajstić information content (AvgIpc) is 2.35. The third kappa shape index (κ3) is 2.24. The van der Waals surface area contributed by atoms with E-state index >= 15 is 0 Å². The van der Waals surface area contributed by atoms with Crippen molar-refractivity contribution >= 4 is 29.0 Å². The first-order chi connectivity index (χ1) is 8.52. The fourth-order valence-electron chi connectivity index (χ4n) is 1.63. The molecule has 0 amide bonds. The van der Waals surface area contributed by atoms with Crippen LogP contribution in [0.2, 0.25) is 10.0 Å². The zero-order chi connectivity index (χ0) is 13.3. The van der Waals surface area contributed by atoms with Gasteiger partial charge in [0, 0.05) is 23.5 Å². The fraction of sp³-hybridized carbons (Fsp3) is 0.0769. The Hall–Kier alpha value is -1.45. The molecule has 0 radical (unpaired) electrons. The highest BCUT2D eigenvalue weighted by Crippen LogP contribution is 2.38. The normalized spacial score (nSPS) is 10.4. The van der Waals surface area contributed by atoms with Gasteiger partial charge >= 0.3 is 0 Å². The first-order valence-electron chi connectivity index (χ1n) is 5.11. The third-order valence-corrected chi connectivity index (χ3v) is 3.37. The molecule has 0 fully saturated rings. The van der Waals surface area contributed by atoms with Gasteiger partial charge in [-0.05, 0) is 30.7 Å². The van der Waals surface area contributed by atoms with Crippen LogP contribution >= 0.6 is 23.2 Å². The number of Topliss-reactive ketones (excluding diaryl/α,β-unsaturated/α-hetero) is 1. The number of ketones is 1. The molecule has 2 nitrogen and oxygen atoms in total. The Kier molecular flexibility index (Phi) is 3.64. The standard InChI is InChI=1S/C13H8Cl2FNO/c1-7(18)9-6-10(16)11(13(15)12(9)14)8-2-4-17-5-3-8/h2-6H,1H3. The summed E-state index contributed by atoms with van der Waals surface area (Å²) >= 11 is 12.0. The maximum absolute atomic E-state index is 14.0. The van der Waals surface area contributed by atoms with Crippen molar-refractivity contribution in [3.8, 4) is 11.1 Å². The summed E-state index contributed by atoms with van der Waals surface area (Å²) in [6.07, 6.45) is 3.05. The van der Waals surface area contributed by atoms with E-state index in [0.717, 1.165) is 6.07 Å². The Balaban J connectivity index is 2.71. The van der Waals surface area contributed by atoms with Crippen molar-refractivity contribution in [1.29, 1.82) is 0 Å². The zero-order valence-corrected chi connectivity index (χ0v) is 10.9. The molecule has 18 heavy (non-hydrogen) atoms. The molecule has 1 heterocycles. The number of halogens is 3. The molecule has 0 atom stereocenters. The molecule has 1 aromatic carbocycles. The van der Waals surface area contributed by atoms with Crippen molar-refractivity contribution < 1.29 is 9.18 Å². The van der Waals surface area contributed by atoms with Gasteiger partial charge in [-0.1, -0.05) is 23.2 Å². The smallest absolute Gasteiger partial charge is 0.161 e. The molecular weight excluding hydrogens is 276 g/mol. The monoisotopic (exact) mass is 283 g/mol. The zero-order valence-electron chi connectivity index (χ0n) is 9.38. The Morgan fingerprint density at radius 3 is 2.39 bits per heavy atom. The van der Waals surface area contributed by atoms with Gasteiger partial charge in [0.05, 0.1) is 10.0 Å². The Morgan fingerprint density at radius 1 is 1.22 bits per heavy atom. The largest absolute Gasteiger partial charge is 0.294 e. The first kappa shape index (κ1) is 13.0. The number of aromatic nitrogens is 1. The summed E-state index contributed by atoms with van der Waals surface area (Å²) in [4.78, 5) is 15.1. The van der Waals surface area contributed by atoms with Crippen LogP contribution in [0.5, 0.6) is 0 Å². The predicted molar refractivity (Wildman–Crippen MR) is 69.7 cm³/mol. The maximum Gasteiger partial charge on any atom is 0.161 e. The van der Waals surface area contributed by atoms with Gasteiger partial charge < -0.3 is 0 Å². The molecule has 2 aromatic rings. The third-order valence-electron chi connectivity index (χ3n) is 2.51. The summed E-state index contributed by atoms with van der Waals surface area (Å²) in [6, 6.07) is 4.34. The maximum atomic E-state index is 14.0. The minimum Gasteiger partial charge on any atom is -0.294 e. The summed E-state index contributed by atoms with van der Waals surface area (Å²) in [5.74, 6) is -0.914. The summed E-state index contributed by atoms with van der Waals surface area (Å²) in [6.45, 7) is 1.31. The van der Waals surface area contributed by atoms with Crippen LogP contribution in [0.3, 0.4) is 0 Å². The highest BCUT2D eigenvalue weighted by molar-refractivity contribution is 6.45. The molecule has 5 heteroatoms. The molecule has 0 N–H and O–H groups in total. The molecule has 0 spiro atoms. The number of carbonyl (C=O) groups is 1. The van der Waals surface area contributed by atoms with E-state index in [0.29, 0.717) is 5.56 Å². The molecule has 0 aliphatic carbocycles. The number of nitrogens with zero attached hydrogens (tertiary/aromatic N) is 1.